The van der Waals surface area contributed by atoms with E-state index in [-0.39, 0.29) is 6.71 Å². The Balaban J connectivity index is 1.05. The lowest BCUT2D eigenvalue weighted by Crippen LogP contribution is -2.56. The summed E-state index contributed by atoms with van der Waals surface area (Å²) in [5.41, 5.74) is 18.1. The second-order valence-electron chi connectivity index (χ2n) is 15.6. The number of benzene rings is 9. The predicted molar refractivity (Wildman–Crippen MR) is 250 cm³/mol. The van der Waals surface area contributed by atoms with Crippen LogP contribution in [-0.4, -0.2) is 11.3 Å². The minimum atomic E-state index is 0.203. The van der Waals surface area contributed by atoms with Crippen LogP contribution in [0.25, 0.3) is 81.0 Å². The van der Waals surface area contributed by atoms with Crippen LogP contribution in [-0.2, 0) is 6.42 Å². The normalized spacial score (nSPS) is 12.4. The zero-order valence-corrected chi connectivity index (χ0v) is 32.6. The molecule has 2 aromatic heterocycles. The number of aromatic nitrogens is 1. The van der Waals surface area contributed by atoms with Crippen molar-refractivity contribution < 1.29 is 0 Å². The Morgan fingerprint density at radius 2 is 0.914 bits per heavy atom. The summed E-state index contributed by atoms with van der Waals surface area (Å²) in [6, 6.07) is 76.5. The second kappa shape index (κ2) is 13.3. The van der Waals surface area contributed by atoms with Crippen molar-refractivity contribution in [2.45, 2.75) is 6.42 Å². The van der Waals surface area contributed by atoms with Gasteiger partial charge in [0, 0.05) is 26.2 Å². The van der Waals surface area contributed by atoms with E-state index < -0.39 is 0 Å². The Morgan fingerprint density at radius 1 is 0.379 bits per heavy atom. The highest BCUT2D eigenvalue weighted by Gasteiger charge is 2.30. The van der Waals surface area contributed by atoms with Crippen LogP contribution < -0.4 is 16.4 Å². The monoisotopic (exact) mass is 753 g/mol. The first-order valence-corrected chi connectivity index (χ1v) is 21.0. The fourth-order valence-electron chi connectivity index (χ4n) is 9.68. The number of hydrogen-bond donors (Lipinski definition) is 0. The Morgan fingerprint density at radius 3 is 1.55 bits per heavy atom. The summed E-state index contributed by atoms with van der Waals surface area (Å²) in [5.74, 6) is 0. The number of hydrogen-bond acceptors (Lipinski definition) is 1. The maximum atomic E-state index is 2.50. The van der Waals surface area contributed by atoms with Gasteiger partial charge in [-0.3, -0.25) is 0 Å². The number of fused-ring (bicyclic) bond motifs is 8. The van der Waals surface area contributed by atoms with Gasteiger partial charge in [-0.25, -0.2) is 0 Å². The van der Waals surface area contributed by atoms with Crippen molar-refractivity contribution in [3.05, 3.63) is 217 Å². The summed E-state index contributed by atoms with van der Waals surface area (Å²) in [5, 5.41) is 5.12. The highest BCUT2D eigenvalue weighted by molar-refractivity contribution is 7.26. The van der Waals surface area contributed by atoms with Crippen molar-refractivity contribution in [3.8, 4) is 39.1 Å². The first kappa shape index (κ1) is 33.2. The molecule has 11 aromatic rings. The average Bonchev–Trinajstić information content (AvgIpc) is 3.84. The summed E-state index contributed by atoms with van der Waals surface area (Å²) in [6.45, 7) is 0.203. The molecule has 3 heterocycles. The molecule has 1 nitrogen and oxygen atoms in total. The lowest BCUT2D eigenvalue weighted by molar-refractivity contribution is 1.20. The Kier molecular flexibility index (Phi) is 7.64. The van der Waals surface area contributed by atoms with E-state index in [1.807, 2.05) is 11.3 Å². The number of nitrogens with zero attached hydrogens (tertiary/aromatic N) is 1. The molecule has 0 radical (unpaired) electrons. The predicted octanol–water partition coefficient (Wildman–Crippen LogP) is 12.6. The Labute approximate surface area is 342 Å². The Hall–Kier alpha value is -6.94. The van der Waals surface area contributed by atoms with Gasteiger partial charge >= 0.3 is 0 Å². The summed E-state index contributed by atoms with van der Waals surface area (Å²) >= 11 is 1.92. The average molecular weight is 754 g/mol. The van der Waals surface area contributed by atoms with E-state index in [1.165, 1.54) is 109 Å². The van der Waals surface area contributed by atoms with Crippen LogP contribution in [0.4, 0.5) is 0 Å². The molecular formula is C55H36BNS. The minimum Gasteiger partial charge on any atom is -0.308 e. The van der Waals surface area contributed by atoms with E-state index in [0.717, 1.165) is 6.42 Å². The smallest absolute Gasteiger partial charge is 0.241 e. The van der Waals surface area contributed by atoms with Crippen molar-refractivity contribution in [2.75, 3.05) is 0 Å². The maximum absolute atomic E-state index is 2.50. The van der Waals surface area contributed by atoms with E-state index in [9.17, 15) is 0 Å². The van der Waals surface area contributed by atoms with Crippen LogP contribution in [0.5, 0.6) is 0 Å². The van der Waals surface area contributed by atoms with Crippen molar-refractivity contribution in [3.63, 3.8) is 0 Å². The van der Waals surface area contributed by atoms with Gasteiger partial charge < -0.3 is 4.57 Å². The molecule has 0 N–H and O–H groups in total. The third-order valence-electron chi connectivity index (χ3n) is 12.4. The zero-order chi connectivity index (χ0) is 38.2. The van der Waals surface area contributed by atoms with Gasteiger partial charge in [0.05, 0.1) is 21.4 Å². The second-order valence-corrected chi connectivity index (χ2v) is 16.6. The van der Waals surface area contributed by atoms with Gasteiger partial charge in [0.1, 0.15) is 0 Å². The molecular weight excluding hydrogens is 717 g/mol. The van der Waals surface area contributed by atoms with Gasteiger partial charge in [0.15, 0.2) is 0 Å². The molecule has 0 saturated heterocycles. The molecule has 0 unspecified atom stereocenters. The van der Waals surface area contributed by atoms with Crippen molar-refractivity contribution in [1.29, 1.82) is 0 Å². The van der Waals surface area contributed by atoms with Crippen LogP contribution >= 0.6 is 11.3 Å². The van der Waals surface area contributed by atoms with Gasteiger partial charge in [-0.2, -0.15) is 0 Å². The van der Waals surface area contributed by atoms with E-state index >= 15 is 0 Å². The van der Waals surface area contributed by atoms with Crippen LogP contribution in [0.2, 0.25) is 0 Å². The van der Waals surface area contributed by atoms with Crippen molar-refractivity contribution in [1.82, 2.24) is 4.57 Å². The molecule has 0 saturated carbocycles. The van der Waals surface area contributed by atoms with Gasteiger partial charge in [-0.05, 0) is 81.3 Å². The van der Waals surface area contributed by atoms with Gasteiger partial charge in [0.2, 0.25) is 6.71 Å². The van der Waals surface area contributed by atoms with Gasteiger partial charge in [-0.1, -0.05) is 192 Å². The van der Waals surface area contributed by atoms with E-state index in [2.05, 4.69) is 211 Å². The SMILES string of the molecule is c1ccc(-c2ccc3c(c2)c2cc(-c4ccccc4)ccc2n3-c2cccc3c2sc2c(-c4cccc(B5c6ccccc6Cc6ccccc65)c4)cccc23)cc1. The lowest BCUT2D eigenvalue weighted by Gasteiger charge is -2.27. The van der Waals surface area contributed by atoms with Crippen LogP contribution in [0, 0.1) is 0 Å². The molecule has 0 bridgehead atoms. The quantitative estimate of drug-likeness (QED) is 0.154. The van der Waals surface area contributed by atoms with Gasteiger partial charge in [0.25, 0.3) is 0 Å². The van der Waals surface area contributed by atoms with Crippen LogP contribution in [0.15, 0.2) is 206 Å². The lowest BCUT2D eigenvalue weighted by atomic mass is 9.33. The number of rotatable bonds is 5. The van der Waals surface area contributed by atoms with E-state index in [1.54, 1.807) is 0 Å². The third kappa shape index (κ3) is 5.24. The van der Waals surface area contributed by atoms with E-state index in [4.69, 9.17) is 0 Å². The first-order chi connectivity index (χ1) is 28.8. The summed E-state index contributed by atoms with van der Waals surface area (Å²) < 4.78 is 5.13. The first-order valence-electron chi connectivity index (χ1n) is 20.2. The minimum absolute atomic E-state index is 0.203. The summed E-state index contributed by atoms with van der Waals surface area (Å²) in [7, 11) is 0. The molecule has 270 valence electrons. The molecule has 3 heteroatoms. The fraction of sp³-hybridized carbons (Fsp3) is 0.0182. The zero-order valence-electron chi connectivity index (χ0n) is 31.8. The van der Waals surface area contributed by atoms with Crippen molar-refractivity contribution in [2.24, 2.45) is 0 Å². The molecule has 1 aliphatic rings. The molecule has 58 heavy (non-hydrogen) atoms. The topological polar surface area (TPSA) is 4.93 Å². The molecule has 0 amide bonds. The molecule has 0 atom stereocenters. The highest BCUT2D eigenvalue weighted by atomic mass is 32.1. The molecule has 0 aliphatic carbocycles. The fourth-order valence-corrected chi connectivity index (χ4v) is 11.0. The summed E-state index contributed by atoms with van der Waals surface area (Å²) in [4.78, 5) is 0. The molecule has 9 aromatic carbocycles. The third-order valence-corrected chi connectivity index (χ3v) is 13.6. The standard InChI is InChI=1S/C55H36BNS/c1-3-14-36(15-4-1)38-28-30-51-47(34-38)48-35-39(37-16-5-2-6-17-37)29-31-52(48)57(51)53-27-13-24-46-45-23-12-22-44(54(45)58-55(46)53)40-20-11-21-43(33-40)56-49-25-9-7-18-41(49)32-42-19-8-10-26-50(42)56/h1-31,33-35H,32H2. The van der Waals surface area contributed by atoms with E-state index in [0.29, 0.717) is 0 Å². The molecule has 12 rings (SSSR count). The molecule has 1 aliphatic heterocycles. The van der Waals surface area contributed by atoms with Crippen molar-refractivity contribution >= 4 is 76.4 Å². The summed E-state index contributed by atoms with van der Waals surface area (Å²) in [6.07, 6.45) is 0.986. The molecule has 0 fully saturated rings. The van der Waals surface area contributed by atoms with Crippen LogP contribution in [0.3, 0.4) is 0 Å². The van der Waals surface area contributed by atoms with Crippen LogP contribution in [0.1, 0.15) is 11.1 Å². The Bertz CT molecular complexity index is 3230. The molecule has 0 spiro atoms. The maximum Gasteiger partial charge on any atom is 0.241 e. The number of thiophene rings is 1. The van der Waals surface area contributed by atoms with Gasteiger partial charge in [-0.15, -0.1) is 11.3 Å². The highest BCUT2D eigenvalue weighted by Crippen LogP contribution is 2.45. The largest absolute Gasteiger partial charge is 0.308 e.